The third-order valence-corrected chi connectivity index (χ3v) is 22.5. The summed E-state index contributed by atoms with van der Waals surface area (Å²) in [7, 11) is 0. The number of alkyl carbamates (subject to hydrolysis) is 3. The minimum atomic E-state index is -1.14. The molecule has 4 aromatic rings. The maximum atomic E-state index is 14.1. The van der Waals surface area contributed by atoms with Crippen molar-refractivity contribution in [1.82, 2.24) is 37.2 Å². The van der Waals surface area contributed by atoms with Gasteiger partial charge < -0.3 is 135 Å². The molecular weight excluding hydrogens is 1720 g/mol. The average Bonchev–Trinajstić information content (AvgIpc) is 0.880. The zero-order valence-corrected chi connectivity index (χ0v) is 83.7. The van der Waals surface area contributed by atoms with Gasteiger partial charge in [0.1, 0.15) is 47.1 Å². The van der Waals surface area contributed by atoms with Crippen molar-refractivity contribution >= 4 is 41.9 Å². The van der Waals surface area contributed by atoms with E-state index in [-0.39, 0.29) is 150 Å². The average molecular weight is 1880 g/mol. The number of rotatable bonds is 59. The van der Waals surface area contributed by atoms with E-state index in [1.54, 1.807) is 93.5 Å². The topological polar surface area (TPSA) is 476 Å². The molecule has 0 aliphatic heterocycles. The summed E-state index contributed by atoms with van der Waals surface area (Å²) in [5.74, 6) is -4.82. The largest absolute Gasteiger partial charge is 0.504 e. The van der Waals surface area contributed by atoms with Crippen LogP contribution in [-0.4, -0.2) is 254 Å². The first kappa shape index (κ1) is 116. The Bertz CT molecular complexity index is 4290. The van der Waals surface area contributed by atoms with E-state index in [1.807, 2.05) is 104 Å². The van der Waals surface area contributed by atoms with Crippen molar-refractivity contribution in [2.75, 3.05) is 79.3 Å². The van der Waals surface area contributed by atoms with Crippen molar-refractivity contribution < 1.29 is 131 Å². The fourth-order valence-corrected chi connectivity index (χ4v) is 13.5. The fourth-order valence-electron chi connectivity index (χ4n) is 13.5. The summed E-state index contributed by atoms with van der Waals surface area (Å²) >= 11 is 0. The van der Waals surface area contributed by atoms with Crippen molar-refractivity contribution in [3.05, 3.63) is 95.1 Å². The van der Waals surface area contributed by atoms with Gasteiger partial charge >= 0.3 is 18.3 Å². The Kier molecular flexibility index (Phi) is 45.9. The highest BCUT2D eigenvalue weighted by Crippen LogP contribution is 2.33. The van der Waals surface area contributed by atoms with Gasteiger partial charge in [0.2, 0.25) is 23.6 Å². The molecule has 10 unspecified atom stereocenters. The Balaban J connectivity index is 1.57. The summed E-state index contributed by atoms with van der Waals surface area (Å²) in [4.78, 5) is 95.1. The second kappa shape index (κ2) is 52.6. The van der Waals surface area contributed by atoms with Gasteiger partial charge in [0.25, 0.3) is 0 Å². The number of carbonyl (C=O) groups is 7. The molecular formula is C99H161N7O27. The molecule has 0 radical (unpaired) electrons. The van der Waals surface area contributed by atoms with Crippen LogP contribution in [0.1, 0.15) is 260 Å². The van der Waals surface area contributed by atoms with Gasteiger partial charge in [-0.3, -0.25) is 19.2 Å². The molecule has 0 aromatic heterocycles. The Labute approximate surface area is 788 Å². The molecule has 10 atom stereocenters. The van der Waals surface area contributed by atoms with E-state index in [2.05, 4.69) is 37.2 Å². The van der Waals surface area contributed by atoms with Crippen molar-refractivity contribution in [2.45, 2.75) is 355 Å². The zero-order chi connectivity index (χ0) is 100. The van der Waals surface area contributed by atoms with E-state index in [0.717, 1.165) is 0 Å². The van der Waals surface area contributed by atoms with Gasteiger partial charge in [-0.25, -0.2) is 14.4 Å². The molecule has 34 nitrogen and oxygen atoms in total. The first-order chi connectivity index (χ1) is 61.5. The van der Waals surface area contributed by atoms with E-state index in [0.29, 0.717) is 99.5 Å². The lowest BCUT2D eigenvalue weighted by atomic mass is 9.96. The molecule has 754 valence electrons. The number of phenolic OH excluding ortho intramolecular Hbond substituents is 8. The molecule has 15 N–H and O–H groups in total. The Hall–Kier alpha value is -9.39. The number of amides is 7. The van der Waals surface area contributed by atoms with Gasteiger partial charge in [0.05, 0.1) is 55.9 Å². The Morgan fingerprint density at radius 1 is 0.316 bits per heavy atom. The summed E-state index contributed by atoms with van der Waals surface area (Å²) in [6, 6.07) is 13.6. The Morgan fingerprint density at radius 2 is 0.602 bits per heavy atom. The van der Waals surface area contributed by atoms with Crippen molar-refractivity contribution in [3.8, 4) is 46.0 Å². The van der Waals surface area contributed by atoms with Crippen LogP contribution in [0, 0.1) is 5.92 Å². The van der Waals surface area contributed by atoms with E-state index in [1.165, 1.54) is 48.5 Å². The lowest BCUT2D eigenvalue weighted by molar-refractivity contribution is -0.131. The standard InChI is InChI=1S/C99H161N7O27/c1-26-97(23,128-48-39-94(17,18)104-84(116)72(100-87(119)131-90(6,7)8)52-67-30-34-76(108)80(112)56-67)42-45-122-59-70(127-47-43-98(24,27-2)129-49-40-95(19,20)105-85(117)73(101-88(120)132-91(9,10)11)53-68-31-35-77(109)81(113)57-68)60-123-61-71(126-44-37-65(5)125-46-38-93(15,16)103-83(115)64(4)51-66-29-33-75(107)79(111)55-66)62-124-63-99(25,28-3)130-50-41-96(21,22)106-86(118)74(102-89(121)133-92(12,13)14)54-69-32-36-78(110)82(114)58-69/h29-36,55-58,64-65,70-74,107-114H,26-28,37-54,59-63H2,1-25H3,(H,100,119)(H,101,120)(H,102,121)(H,103,115)(H,104,116)(H,105,117)(H,106,118). The molecule has 0 aliphatic carbocycles. The first-order valence-electron chi connectivity index (χ1n) is 46.3. The SMILES string of the molecule is CCC(C)(CCOCC(COCC(COCC(C)(CC)OCCC(C)(C)NC(=O)C(Cc1ccc(O)c(O)c1)NC(=O)OC(C)(C)C)OCCC(C)OCCC(C)(C)NC(=O)C(C)Cc1ccc(O)c(O)c1)OCCC(C)(CC)OCCC(C)(C)NC(=O)C(Cc1ccc(O)c(O)c1)NC(=O)OC(C)(C)C)OCCC(C)(C)NC(=O)C(Cc1ccc(O)c(O)c1)NC(=O)OC(C)(C)C. The van der Waals surface area contributed by atoms with Gasteiger partial charge in [-0.1, -0.05) is 52.0 Å². The molecule has 0 saturated heterocycles. The van der Waals surface area contributed by atoms with Gasteiger partial charge in [-0.15, -0.1) is 0 Å². The number of nitrogens with one attached hydrogen (secondary N) is 7. The number of phenols is 8. The summed E-state index contributed by atoms with van der Waals surface area (Å²) in [6.45, 7) is 47.7. The predicted octanol–water partition coefficient (Wildman–Crippen LogP) is 14.0. The highest BCUT2D eigenvalue weighted by atomic mass is 16.6. The molecule has 0 saturated carbocycles. The minimum absolute atomic E-state index is 0.0300. The van der Waals surface area contributed by atoms with Crippen LogP contribution in [-0.2, 0) is 102 Å². The van der Waals surface area contributed by atoms with Crippen LogP contribution in [0.15, 0.2) is 72.8 Å². The maximum absolute atomic E-state index is 14.1. The smallest absolute Gasteiger partial charge is 0.408 e. The van der Waals surface area contributed by atoms with Crippen LogP contribution in [0.5, 0.6) is 46.0 Å². The van der Waals surface area contributed by atoms with Crippen LogP contribution < -0.4 is 37.2 Å². The van der Waals surface area contributed by atoms with Gasteiger partial charge in [-0.05, 0) is 287 Å². The second-order valence-corrected chi connectivity index (χ2v) is 41.1. The number of hydrogen-bond donors (Lipinski definition) is 15. The number of benzene rings is 4. The lowest BCUT2D eigenvalue weighted by Crippen LogP contribution is -2.55. The quantitative estimate of drug-likeness (QED) is 0.0111. The third kappa shape index (κ3) is 46.6. The molecule has 0 heterocycles. The molecule has 0 aliphatic rings. The van der Waals surface area contributed by atoms with Crippen molar-refractivity contribution in [3.63, 3.8) is 0 Å². The van der Waals surface area contributed by atoms with E-state index >= 15 is 0 Å². The number of carbonyl (C=O) groups excluding carboxylic acids is 7. The summed E-state index contributed by atoms with van der Waals surface area (Å²) in [5, 5.41) is 101. The van der Waals surface area contributed by atoms with Crippen LogP contribution >= 0.6 is 0 Å². The maximum Gasteiger partial charge on any atom is 0.408 e. The molecule has 34 heteroatoms. The molecule has 7 amide bonds. The minimum Gasteiger partial charge on any atom is -0.504 e. The van der Waals surface area contributed by atoms with E-state index in [4.69, 9.17) is 56.8 Å². The van der Waals surface area contributed by atoms with Gasteiger partial charge in [0, 0.05) is 93.6 Å². The normalized spacial score (nSPS) is 15.4. The van der Waals surface area contributed by atoms with E-state index < -0.39 is 128 Å². The highest BCUT2D eigenvalue weighted by Gasteiger charge is 2.37. The number of hydrogen-bond acceptors (Lipinski definition) is 27. The zero-order valence-electron chi connectivity index (χ0n) is 83.7. The van der Waals surface area contributed by atoms with Gasteiger partial charge in [0.15, 0.2) is 46.0 Å². The first-order valence-corrected chi connectivity index (χ1v) is 46.3. The molecule has 133 heavy (non-hydrogen) atoms. The molecule has 0 fully saturated rings. The monoisotopic (exact) mass is 1880 g/mol. The highest BCUT2D eigenvalue weighted by molar-refractivity contribution is 5.88. The van der Waals surface area contributed by atoms with Crippen molar-refractivity contribution in [2.24, 2.45) is 5.92 Å². The van der Waals surface area contributed by atoms with E-state index in [9.17, 15) is 74.4 Å². The lowest BCUT2D eigenvalue weighted by Gasteiger charge is -2.34. The van der Waals surface area contributed by atoms with Crippen LogP contribution in [0.4, 0.5) is 14.4 Å². The predicted molar refractivity (Wildman–Crippen MR) is 505 cm³/mol. The van der Waals surface area contributed by atoms with Crippen LogP contribution in [0.25, 0.3) is 0 Å². The second-order valence-electron chi connectivity index (χ2n) is 41.1. The van der Waals surface area contributed by atoms with Crippen LogP contribution in [0.3, 0.4) is 0 Å². The summed E-state index contributed by atoms with van der Waals surface area (Å²) < 4.78 is 75.7. The van der Waals surface area contributed by atoms with Gasteiger partial charge in [-0.2, -0.15) is 0 Å². The third-order valence-electron chi connectivity index (χ3n) is 22.5. The molecule has 0 spiro atoms. The summed E-state index contributed by atoms with van der Waals surface area (Å²) in [5.41, 5.74) is -5.98. The molecule has 0 bridgehead atoms. The van der Waals surface area contributed by atoms with Crippen LogP contribution in [0.2, 0.25) is 0 Å². The summed E-state index contributed by atoms with van der Waals surface area (Å²) in [6.07, 6.45) is 0.751. The molecule has 4 rings (SSSR count). The number of aromatic hydroxyl groups is 8. The van der Waals surface area contributed by atoms with Crippen molar-refractivity contribution in [1.29, 1.82) is 0 Å². The number of ether oxygens (including phenoxy) is 12. The fraction of sp³-hybridized carbons (Fsp3) is 0.687. The Morgan fingerprint density at radius 3 is 0.932 bits per heavy atom. The molecule has 4 aromatic carbocycles.